The number of rotatable bonds is 2. The van der Waals surface area contributed by atoms with Crippen LogP contribution >= 0.6 is 35.4 Å². The van der Waals surface area contributed by atoms with Gasteiger partial charge in [0.1, 0.15) is 6.17 Å². The topological polar surface area (TPSA) is 50.5 Å². The van der Waals surface area contributed by atoms with E-state index < -0.39 is 6.17 Å². The van der Waals surface area contributed by atoms with Crippen LogP contribution in [0.2, 0.25) is 10.0 Å². The van der Waals surface area contributed by atoms with E-state index in [-0.39, 0.29) is 5.17 Å². The number of ether oxygens (including phenoxy) is 1. The van der Waals surface area contributed by atoms with E-state index in [0.29, 0.717) is 15.8 Å². The van der Waals surface area contributed by atoms with Gasteiger partial charge < -0.3 is 4.74 Å². The fourth-order valence-corrected chi connectivity index (χ4v) is 3.24. The minimum atomic E-state index is -0.421. The molecular weight excluding hydrogens is 341 g/mol. The lowest BCUT2D eigenvalue weighted by molar-refractivity contribution is 0.449. The molecule has 1 aliphatic heterocycles. The molecule has 7 heteroatoms. The summed E-state index contributed by atoms with van der Waals surface area (Å²) in [6, 6.07) is 11.3. The fraction of sp³-hybridized carbons (Fsp3) is 0.133. The zero-order valence-corrected chi connectivity index (χ0v) is 14.0. The third-order valence-electron chi connectivity index (χ3n) is 3.45. The van der Waals surface area contributed by atoms with Crippen LogP contribution in [0.1, 0.15) is 17.3 Å². The Morgan fingerprint density at radius 1 is 1.23 bits per heavy atom. The lowest BCUT2D eigenvalue weighted by Gasteiger charge is -2.38. The van der Waals surface area contributed by atoms with Crippen molar-refractivity contribution in [1.82, 2.24) is 5.43 Å². The molecule has 3 rings (SSSR count). The molecule has 1 aliphatic rings. The van der Waals surface area contributed by atoms with Gasteiger partial charge in [0.15, 0.2) is 5.75 Å². The molecule has 22 heavy (non-hydrogen) atoms. The Bertz CT molecular complexity index is 736. The number of nitrogens with one attached hydrogen (secondary N) is 1. The molecule has 0 aliphatic carbocycles. The van der Waals surface area contributed by atoms with Crippen LogP contribution < -0.4 is 20.9 Å². The summed E-state index contributed by atoms with van der Waals surface area (Å²) in [5.41, 5.74) is 5.49. The van der Waals surface area contributed by atoms with Gasteiger partial charge in [-0.1, -0.05) is 40.9 Å². The van der Waals surface area contributed by atoms with E-state index in [2.05, 4.69) is 5.43 Å². The third kappa shape index (κ3) is 2.66. The van der Waals surface area contributed by atoms with Crippen LogP contribution in [0, 0.1) is 6.92 Å². The molecule has 2 aromatic carbocycles. The van der Waals surface area contributed by atoms with Gasteiger partial charge in [0.05, 0.1) is 5.02 Å². The highest BCUT2D eigenvalue weighted by Gasteiger charge is 2.34. The van der Waals surface area contributed by atoms with Crippen molar-refractivity contribution in [3.8, 4) is 5.75 Å². The van der Waals surface area contributed by atoms with Gasteiger partial charge in [0.2, 0.25) is 0 Å². The third-order valence-corrected chi connectivity index (χ3v) is 4.22. The summed E-state index contributed by atoms with van der Waals surface area (Å²) in [5, 5.41) is 1.17. The second-order valence-corrected chi connectivity index (χ2v) is 6.14. The van der Waals surface area contributed by atoms with Crippen molar-refractivity contribution >= 4 is 46.3 Å². The lowest BCUT2D eigenvalue weighted by Crippen LogP contribution is -2.49. The first-order chi connectivity index (χ1) is 10.5. The van der Waals surface area contributed by atoms with Crippen molar-refractivity contribution in [2.24, 2.45) is 5.84 Å². The average Bonchev–Trinajstić information content (AvgIpc) is 2.48. The zero-order valence-electron chi connectivity index (χ0n) is 11.6. The quantitative estimate of drug-likeness (QED) is 0.486. The summed E-state index contributed by atoms with van der Waals surface area (Å²) in [7, 11) is 0. The molecule has 0 saturated heterocycles. The zero-order chi connectivity index (χ0) is 15.9. The van der Waals surface area contributed by atoms with Gasteiger partial charge in [-0.3, -0.25) is 10.7 Å². The Morgan fingerprint density at radius 3 is 2.55 bits per heavy atom. The normalized spacial score (nSPS) is 17.2. The number of benzene rings is 2. The Morgan fingerprint density at radius 2 is 1.91 bits per heavy atom. The number of aryl methyl sites for hydroxylation is 1. The van der Waals surface area contributed by atoms with Gasteiger partial charge in [-0.2, -0.15) is 0 Å². The lowest BCUT2D eigenvalue weighted by atomic mass is 10.1. The summed E-state index contributed by atoms with van der Waals surface area (Å²) in [6.07, 6.45) is -0.421. The van der Waals surface area contributed by atoms with E-state index >= 15 is 0 Å². The fourth-order valence-electron chi connectivity index (χ4n) is 2.40. The van der Waals surface area contributed by atoms with Crippen LogP contribution in [-0.4, -0.2) is 5.17 Å². The maximum atomic E-state index is 6.19. The second kappa shape index (κ2) is 6.02. The smallest absolute Gasteiger partial charge is 0.271 e. The van der Waals surface area contributed by atoms with Gasteiger partial charge in [-0.15, -0.1) is 0 Å². The number of thiocarbonyl (C=S) groups is 1. The minimum absolute atomic E-state index is 0.267. The van der Waals surface area contributed by atoms with Crippen molar-refractivity contribution in [1.29, 1.82) is 0 Å². The molecule has 0 saturated carbocycles. The molecule has 4 nitrogen and oxygen atoms in total. The highest BCUT2D eigenvalue weighted by atomic mass is 35.5. The highest BCUT2D eigenvalue weighted by Crippen LogP contribution is 2.42. The maximum Gasteiger partial charge on any atom is 0.271 e. The number of fused-ring (bicyclic) bond motifs is 1. The first-order valence-electron chi connectivity index (χ1n) is 6.54. The van der Waals surface area contributed by atoms with Crippen LogP contribution in [0.25, 0.3) is 0 Å². The number of hydrogen-bond donors (Lipinski definition) is 2. The molecule has 114 valence electrons. The molecule has 0 aromatic heterocycles. The van der Waals surface area contributed by atoms with Crippen LogP contribution in [0.3, 0.4) is 0 Å². The summed E-state index contributed by atoms with van der Waals surface area (Å²) in [5.74, 6) is 6.22. The molecule has 0 bridgehead atoms. The van der Waals surface area contributed by atoms with Crippen molar-refractivity contribution in [2.75, 3.05) is 4.90 Å². The molecule has 3 N–H and O–H groups in total. The van der Waals surface area contributed by atoms with Crippen molar-refractivity contribution in [2.45, 2.75) is 13.1 Å². The molecule has 0 fully saturated rings. The van der Waals surface area contributed by atoms with Crippen LogP contribution in [0.5, 0.6) is 5.75 Å². The Hall–Kier alpha value is -1.37. The maximum absolute atomic E-state index is 6.19. The summed E-state index contributed by atoms with van der Waals surface area (Å²) >= 11 is 17.7. The van der Waals surface area contributed by atoms with Crippen molar-refractivity contribution in [3.05, 3.63) is 57.6 Å². The van der Waals surface area contributed by atoms with E-state index in [1.54, 1.807) is 17.0 Å². The van der Waals surface area contributed by atoms with E-state index in [4.69, 9.17) is 46.0 Å². The Kier molecular flexibility index (Phi) is 4.25. The summed E-state index contributed by atoms with van der Waals surface area (Å²) in [6.45, 7) is 2.02. The van der Waals surface area contributed by atoms with Gasteiger partial charge in [0, 0.05) is 16.3 Å². The van der Waals surface area contributed by atoms with Crippen LogP contribution in [-0.2, 0) is 0 Å². The number of hydrazine groups is 1. The number of anilines is 1. The monoisotopic (exact) mass is 353 g/mol. The van der Waals surface area contributed by atoms with Crippen LogP contribution in [0.4, 0.5) is 5.69 Å². The molecular formula is C15H13Cl2N3OS. The summed E-state index contributed by atoms with van der Waals surface area (Å²) < 4.78 is 5.72. The average molecular weight is 354 g/mol. The first kappa shape index (κ1) is 15.5. The predicted octanol–water partition coefficient (Wildman–Crippen LogP) is 3.95. The number of halogens is 2. The molecule has 1 unspecified atom stereocenters. The van der Waals surface area contributed by atoms with Gasteiger partial charge >= 0.3 is 0 Å². The highest BCUT2D eigenvalue weighted by molar-refractivity contribution is 7.80. The van der Waals surface area contributed by atoms with Crippen molar-refractivity contribution in [3.63, 3.8) is 0 Å². The largest absolute Gasteiger partial charge is 0.429 e. The molecule has 1 heterocycles. The molecule has 0 spiro atoms. The standard InChI is InChI=1S/C15H13Cl2N3OS/c1-8-2-4-10(5-3-8)20-14(19-18)11-6-9(16)7-12(17)13(11)21-15(20)22/h2-7,14,19H,18H2,1H3. The second-order valence-electron chi connectivity index (χ2n) is 4.95. The predicted molar refractivity (Wildman–Crippen MR) is 93.4 cm³/mol. The molecule has 0 amide bonds. The SMILES string of the molecule is Cc1ccc(N2C(=S)Oc3c(Cl)cc(Cl)cc3C2NN)cc1. The molecule has 1 atom stereocenters. The Balaban J connectivity index is 2.12. The molecule has 0 radical (unpaired) electrons. The first-order valence-corrected chi connectivity index (χ1v) is 7.70. The number of hydrogen-bond acceptors (Lipinski definition) is 4. The van der Waals surface area contributed by atoms with Gasteiger partial charge in [-0.05, 0) is 43.4 Å². The van der Waals surface area contributed by atoms with E-state index in [9.17, 15) is 0 Å². The summed E-state index contributed by atoms with van der Waals surface area (Å²) in [4.78, 5) is 1.78. The number of nitrogens with zero attached hydrogens (tertiary/aromatic N) is 1. The minimum Gasteiger partial charge on any atom is -0.429 e. The van der Waals surface area contributed by atoms with Crippen molar-refractivity contribution < 1.29 is 4.74 Å². The molecule has 2 aromatic rings. The van der Waals surface area contributed by atoms with Crippen LogP contribution in [0.15, 0.2) is 36.4 Å². The van der Waals surface area contributed by atoms with Gasteiger partial charge in [-0.25, -0.2) is 5.43 Å². The number of nitrogens with two attached hydrogens (primary N) is 1. The van der Waals surface area contributed by atoms with E-state index in [0.717, 1.165) is 16.8 Å². The Labute approximate surface area is 143 Å². The van der Waals surface area contributed by atoms with E-state index in [1.807, 2.05) is 31.2 Å². The van der Waals surface area contributed by atoms with E-state index in [1.165, 1.54) is 0 Å². The van der Waals surface area contributed by atoms with Gasteiger partial charge in [0.25, 0.3) is 5.17 Å².